The van der Waals surface area contributed by atoms with Crippen LogP contribution < -0.4 is 10.2 Å². The molecule has 0 aliphatic carbocycles. The second-order valence-electron chi connectivity index (χ2n) is 6.22. The smallest absolute Gasteiger partial charge is 0.307 e. The van der Waals surface area contributed by atoms with Crippen molar-refractivity contribution in [3.05, 3.63) is 64.5 Å². The fourth-order valence-corrected chi connectivity index (χ4v) is 3.60. The van der Waals surface area contributed by atoms with E-state index in [4.69, 9.17) is 14.4 Å². The van der Waals surface area contributed by atoms with E-state index in [1.165, 1.54) is 7.11 Å². The molecule has 1 amide bonds. The molecule has 0 unspecified atom stereocenters. The normalized spacial score (nSPS) is 11.2. The Morgan fingerprint density at radius 2 is 2.21 bits per heavy atom. The van der Waals surface area contributed by atoms with Crippen LogP contribution in [-0.4, -0.2) is 23.8 Å². The van der Waals surface area contributed by atoms with Gasteiger partial charge in [0, 0.05) is 32.5 Å². The topological polar surface area (TPSA) is 92.5 Å². The number of para-hydroxylation sites is 1. The van der Waals surface area contributed by atoms with Gasteiger partial charge < -0.3 is 13.7 Å². The highest BCUT2D eigenvalue weighted by Crippen LogP contribution is 2.32. The van der Waals surface area contributed by atoms with E-state index in [2.05, 4.69) is 32.5 Å². The van der Waals surface area contributed by atoms with Crippen LogP contribution in [0.15, 0.2) is 62.7 Å². The average molecular weight is 451 g/mol. The zero-order valence-corrected chi connectivity index (χ0v) is 16.9. The number of fused-ring (bicyclic) bond motifs is 2. The zero-order chi connectivity index (χ0) is 20.4. The summed E-state index contributed by atoms with van der Waals surface area (Å²) in [6.07, 6.45) is 3.38. The first kappa shape index (κ1) is 18.8. The third-order valence-corrected chi connectivity index (χ3v) is 4.88. The molecule has 29 heavy (non-hydrogen) atoms. The van der Waals surface area contributed by atoms with Gasteiger partial charge in [-0.2, -0.15) is 10.4 Å². The summed E-state index contributed by atoms with van der Waals surface area (Å²) in [6.45, 7) is 0.233. The molecule has 0 aliphatic rings. The standard InChI is InChI=1S/C21H15BrN4O3/c1-28-18-10-15(22)8-13-9-19(29-20(13)18)21(27)25-24-11-14-12-26(7-6-23)17-5-3-2-4-16(14)17/h2-5,8-12H,7H2,1H3,(H,25,27)/b24-11-. The van der Waals surface area contributed by atoms with Gasteiger partial charge in [-0.1, -0.05) is 34.1 Å². The lowest BCUT2D eigenvalue weighted by Gasteiger charge is -2.00. The maximum atomic E-state index is 12.4. The summed E-state index contributed by atoms with van der Waals surface area (Å²) in [5.41, 5.74) is 4.69. The Morgan fingerprint density at radius 3 is 3.00 bits per heavy atom. The highest BCUT2D eigenvalue weighted by atomic mass is 79.9. The fourth-order valence-electron chi connectivity index (χ4n) is 3.15. The summed E-state index contributed by atoms with van der Waals surface area (Å²) in [4.78, 5) is 12.4. The number of carbonyl (C=O) groups is 1. The molecule has 0 radical (unpaired) electrons. The number of hydrogen-bond donors (Lipinski definition) is 1. The van der Waals surface area contributed by atoms with Crippen molar-refractivity contribution in [2.45, 2.75) is 6.54 Å². The van der Waals surface area contributed by atoms with Crippen LogP contribution in [0, 0.1) is 11.3 Å². The number of benzene rings is 2. The number of halogens is 1. The number of amides is 1. The van der Waals surface area contributed by atoms with Crippen molar-refractivity contribution in [2.75, 3.05) is 7.11 Å². The molecule has 0 fully saturated rings. The van der Waals surface area contributed by atoms with E-state index in [1.807, 2.05) is 41.1 Å². The first-order chi connectivity index (χ1) is 14.1. The van der Waals surface area contributed by atoms with Crippen LogP contribution >= 0.6 is 15.9 Å². The van der Waals surface area contributed by atoms with Crippen molar-refractivity contribution in [2.24, 2.45) is 5.10 Å². The Hall–Kier alpha value is -3.57. The first-order valence-corrected chi connectivity index (χ1v) is 9.45. The molecule has 0 saturated heterocycles. The van der Waals surface area contributed by atoms with E-state index in [1.54, 1.807) is 18.3 Å². The van der Waals surface area contributed by atoms with Gasteiger partial charge >= 0.3 is 5.91 Å². The molecule has 0 spiro atoms. The van der Waals surface area contributed by atoms with Crippen molar-refractivity contribution < 1.29 is 13.9 Å². The van der Waals surface area contributed by atoms with Crippen molar-refractivity contribution in [3.63, 3.8) is 0 Å². The van der Waals surface area contributed by atoms with Crippen LogP contribution in [0.5, 0.6) is 5.75 Å². The lowest BCUT2D eigenvalue weighted by Crippen LogP contribution is -2.16. The number of furan rings is 1. The number of nitrogens with one attached hydrogen (secondary N) is 1. The van der Waals surface area contributed by atoms with Gasteiger partial charge in [0.1, 0.15) is 6.54 Å². The van der Waals surface area contributed by atoms with Gasteiger partial charge in [-0.15, -0.1) is 0 Å². The predicted molar refractivity (Wildman–Crippen MR) is 113 cm³/mol. The van der Waals surface area contributed by atoms with E-state index in [9.17, 15) is 4.79 Å². The number of methoxy groups -OCH3 is 1. The van der Waals surface area contributed by atoms with Crippen LogP contribution in [0.25, 0.3) is 21.9 Å². The number of aromatic nitrogens is 1. The second kappa shape index (κ2) is 7.81. The molecule has 4 rings (SSSR count). The Morgan fingerprint density at radius 1 is 1.38 bits per heavy atom. The third-order valence-electron chi connectivity index (χ3n) is 4.42. The maximum absolute atomic E-state index is 12.4. The quantitative estimate of drug-likeness (QED) is 0.359. The van der Waals surface area contributed by atoms with E-state index in [0.717, 1.165) is 26.3 Å². The predicted octanol–water partition coefficient (Wildman–Crippen LogP) is 4.45. The van der Waals surface area contributed by atoms with Gasteiger partial charge in [0.05, 0.1) is 19.4 Å². The minimum atomic E-state index is -0.476. The summed E-state index contributed by atoms with van der Waals surface area (Å²) < 4.78 is 13.6. The van der Waals surface area contributed by atoms with Gasteiger partial charge in [-0.05, 0) is 24.3 Å². The maximum Gasteiger partial charge on any atom is 0.307 e. The van der Waals surface area contributed by atoms with E-state index in [-0.39, 0.29) is 12.3 Å². The van der Waals surface area contributed by atoms with Crippen molar-refractivity contribution in [1.82, 2.24) is 9.99 Å². The molecule has 1 N–H and O–H groups in total. The van der Waals surface area contributed by atoms with E-state index in [0.29, 0.717) is 11.3 Å². The number of carbonyl (C=O) groups excluding carboxylic acids is 1. The Labute approximate surface area is 174 Å². The molecule has 7 nitrogen and oxygen atoms in total. The molecule has 0 aliphatic heterocycles. The Bertz CT molecular complexity index is 1300. The molecule has 4 aromatic rings. The number of nitrogens with zero attached hydrogens (tertiary/aromatic N) is 3. The highest BCUT2D eigenvalue weighted by molar-refractivity contribution is 9.10. The summed E-state index contributed by atoms with van der Waals surface area (Å²) in [7, 11) is 1.54. The van der Waals surface area contributed by atoms with Crippen molar-refractivity contribution >= 4 is 49.9 Å². The number of hydrogen-bond acceptors (Lipinski definition) is 5. The molecule has 144 valence electrons. The second-order valence-corrected chi connectivity index (χ2v) is 7.14. The molecule has 8 heteroatoms. The molecule has 0 atom stereocenters. The van der Waals surface area contributed by atoms with Crippen LogP contribution in [0.4, 0.5) is 0 Å². The lowest BCUT2D eigenvalue weighted by atomic mass is 10.2. The van der Waals surface area contributed by atoms with E-state index >= 15 is 0 Å². The number of nitriles is 1. The Balaban J connectivity index is 1.57. The SMILES string of the molecule is COc1cc(Br)cc2cc(C(=O)N/N=C\c3cn(CC#N)c4ccccc34)oc12. The molecule has 2 aromatic carbocycles. The van der Waals surface area contributed by atoms with Crippen LogP contribution in [0.3, 0.4) is 0 Å². The zero-order valence-electron chi connectivity index (χ0n) is 15.3. The van der Waals surface area contributed by atoms with Crippen molar-refractivity contribution in [3.8, 4) is 11.8 Å². The molecule has 2 heterocycles. The van der Waals surface area contributed by atoms with Crippen LogP contribution in [0.2, 0.25) is 0 Å². The minimum absolute atomic E-state index is 0.125. The summed E-state index contributed by atoms with van der Waals surface area (Å²) in [5, 5.41) is 14.7. The van der Waals surface area contributed by atoms with Gasteiger partial charge in [-0.3, -0.25) is 4.79 Å². The summed E-state index contributed by atoms with van der Waals surface area (Å²) >= 11 is 3.40. The van der Waals surface area contributed by atoms with Gasteiger partial charge in [0.2, 0.25) is 0 Å². The van der Waals surface area contributed by atoms with Gasteiger partial charge in [0.15, 0.2) is 17.1 Å². The molecular formula is C21H15BrN4O3. The van der Waals surface area contributed by atoms with Crippen LogP contribution in [0.1, 0.15) is 16.1 Å². The lowest BCUT2D eigenvalue weighted by molar-refractivity contribution is 0.0929. The summed E-state index contributed by atoms with van der Waals surface area (Å²) in [6, 6.07) is 15.1. The van der Waals surface area contributed by atoms with Gasteiger partial charge in [-0.25, -0.2) is 5.43 Å². The third kappa shape index (κ3) is 3.60. The average Bonchev–Trinajstić information content (AvgIpc) is 3.30. The largest absolute Gasteiger partial charge is 0.493 e. The molecular weight excluding hydrogens is 436 g/mol. The number of ether oxygens (including phenoxy) is 1. The van der Waals surface area contributed by atoms with Gasteiger partial charge in [0.25, 0.3) is 0 Å². The molecule has 2 aromatic heterocycles. The fraction of sp³-hybridized carbons (Fsp3) is 0.0952. The monoisotopic (exact) mass is 450 g/mol. The number of rotatable bonds is 5. The van der Waals surface area contributed by atoms with E-state index < -0.39 is 5.91 Å². The Kier molecular flexibility index (Phi) is 5.06. The highest BCUT2D eigenvalue weighted by Gasteiger charge is 2.15. The first-order valence-electron chi connectivity index (χ1n) is 8.66. The minimum Gasteiger partial charge on any atom is -0.493 e. The molecule has 0 bridgehead atoms. The summed E-state index contributed by atoms with van der Waals surface area (Å²) in [5.74, 6) is 0.180. The van der Waals surface area contributed by atoms with Crippen LogP contribution in [-0.2, 0) is 6.54 Å². The number of hydrazone groups is 1. The molecule has 0 saturated carbocycles. The van der Waals surface area contributed by atoms with Crippen molar-refractivity contribution in [1.29, 1.82) is 5.26 Å².